The zero-order valence-electron chi connectivity index (χ0n) is 9.93. The summed E-state index contributed by atoms with van der Waals surface area (Å²) in [4.78, 5) is 11.5. The highest BCUT2D eigenvalue weighted by Gasteiger charge is 2.38. The molecule has 0 heterocycles. The van der Waals surface area contributed by atoms with Crippen LogP contribution in [0.25, 0.3) is 0 Å². The van der Waals surface area contributed by atoms with Crippen LogP contribution in [0.5, 0.6) is 0 Å². The Labute approximate surface area is 124 Å². The molecule has 1 fully saturated rings. The average Bonchev–Trinajstić information content (AvgIpc) is 2.34. The molecule has 1 aliphatic rings. The van der Waals surface area contributed by atoms with E-state index >= 15 is 0 Å². The molecule has 0 bridgehead atoms. The number of carboxylic acid groups (broad SMARTS) is 1. The average molecular weight is 376 g/mol. The molecule has 0 aliphatic heterocycles. The van der Waals surface area contributed by atoms with Crippen LogP contribution in [-0.4, -0.2) is 20.7 Å². The van der Waals surface area contributed by atoms with Gasteiger partial charge in [-0.15, -0.1) is 0 Å². The first-order valence-corrected chi connectivity index (χ1v) is 7.96. The molecular formula is C14H16Br2O2. The minimum absolute atomic E-state index is 0.0810. The van der Waals surface area contributed by atoms with Gasteiger partial charge in [0.1, 0.15) is 0 Å². The molecule has 1 aromatic rings. The van der Waals surface area contributed by atoms with Gasteiger partial charge in [-0.1, -0.05) is 62.2 Å². The summed E-state index contributed by atoms with van der Waals surface area (Å²) in [6.07, 6.45) is 2.61. The van der Waals surface area contributed by atoms with E-state index in [-0.39, 0.29) is 15.6 Å². The van der Waals surface area contributed by atoms with Crippen LogP contribution in [0, 0.1) is 11.8 Å². The van der Waals surface area contributed by atoms with E-state index in [1.807, 2.05) is 18.2 Å². The Morgan fingerprint density at radius 2 is 1.83 bits per heavy atom. The first-order valence-electron chi connectivity index (χ1n) is 6.12. The summed E-state index contributed by atoms with van der Waals surface area (Å²) in [5, 5.41) is 9.15. The van der Waals surface area contributed by atoms with Crippen LogP contribution in [0.15, 0.2) is 30.3 Å². The summed E-state index contributed by atoms with van der Waals surface area (Å²) in [6.45, 7) is 0. The summed E-state index contributed by atoms with van der Waals surface area (Å²) in [6, 6.07) is 10.4. The van der Waals surface area contributed by atoms with Crippen molar-refractivity contribution in [1.29, 1.82) is 0 Å². The van der Waals surface area contributed by atoms with Gasteiger partial charge in [0.25, 0.3) is 0 Å². The zero-order valence-corrected chi connectivity index (χ0v) is 13.1. The molecule has 2 nitrogen and oxygen atoms in total. The number of halogens is 2. The van der Waals surface area contributed by atoms with Gasteiger partial charge >= 0.3 is 5.97 Å². The lowest BCUT2D eigenvalue weighted by Crippen LogP contribution is -2.37. The number of carbonyl (C=O) groups is 1. The summed E-state index contributed by atoms with van der Waals surface area (Å²) in [7, 11) is 0. The molecule has 18 heavy (non-hydrogen) atoms. The van der Waals surface area contributed by atoms with Gasteiger partial charge in [-0.3, -0.25) is 4.79 Å². The van der Waals surface area contributed by atoms with Crippen LogP contribution in [0.3, 0.4) is 0 Å². The van der Waals surface area contributed by atoms with E-state index in [0.717, 1.165) is 12.8 Å². The van der Waals surface area contributed by atoms with Gasteiger partial charge in [0.2, 0.25) is 0 Å². The molecule has 0 amide bonds. The normalized spacial score (nSPS) is 32.1. The molecule has 0 saturated heterocycles. The third-order valence-corrected chi connectivity index (χ3v) is 5.75. The fourth-order valence-electron chi connectivity index (χ4n) is 2.57. The molecule has 0 radical (unpaired) electrons. The van der Waals surface area contributed by atoms with Crippen LogP contribution in [0.4, 0.5) is 0 Å². The Kier molecular flexibility index (Phi) is 4.84. The highest BCUT2D eigenvalue weighted by Crippen LogP contribution is 2.39. The number of carboxylic acids is 1. The maximum Gasteiger partial charge on any atom is 0.307 e. The number of hydrogen-bond donors (Lipinski definition) is 1. The Balaban J connectivity index is 2.01. The second-order valence-electron chi connectivity index (χ2n) is 4.90. The van der Waals surface area contributed by atoms with Crippen LogP contribution in [0.1, 0.15) is 18.4 Å². The van der Waals surface area contributed by atoms with Crippen LogP contribution in [0.2, 0.25) is 0 Å². The van der Waals surface area contributed by atoms with Crippen LogP contribution >= 0.6 is 31.9 Å². The first-order chi connectivity index (χ1) is 8.58. The van der Waals surface area contributed by atoms with Crippen molar-refractivity contribution in [2.75, 3.05) is 0 Å². The quantitative estimate of drug-likeness (QED) is 0.814. The number of hydrogen-bond acceptors (Lipinski definition) is 1. The van der Waals surface area contributed by atoms with E-state index < -0.39 is 5.97 Å². The van der Waals surface area contributed by atoms with E-state index in [1.54, 1.807) is 0 Å². The molecule has 1 aliphatic carbocycles. The third-order valence-electron chi connectivity index (χ3n) is 3.61. The Hall–Kier alpha value is -0.350. The van der Waals surface area contributed by atoms with Crippen molar-refractivity contribution in [1.82, 2.24) is 0 Å². The molecule has 4 heteroatoms. The molecule has 1 aromatic carbocycles. The lowest BCUT2D eigenvalue weighted by atomic mass is 9.79. The molecule has 0 unspecified atom stereocenters. The van der Waals surface area contributed by atoms with Crippen LogP contribution < -0.4 is 0 Å². The smallest absolute Gasteiger partial charge is 0.307 e. The second kappa shape index (κ2) is 6.20. The fourth-order valence-corrected chi connectivity index (χ4v) is 4.30. The number of alkyl halides is 2. The van der Waals surface area contributed by atoms with E-state index in [2.05, 4.69) is 44.0 Å². The number of rotatable bonds is 3. The summed E-state index contributed by atoms with van der Waals surface area (Å²) >= 11 is 7.20. The van der Waals surface area contributed by atoms with Crippen molar-refractivity contribution in [2.24, 2.45) is 11.8 Å². The molecule has 1 N–H and O–H groups in total. The fraction of sp³-hybridized carbons (Fsp3) is 0.500. The number of benzene rings is 1. The molecule has 4 atom stereocenters. The predicted molar refractivity (Wildman–Crippen MR) is 79.4 cm³/mol. The molecular weight excluding hydrogens is 360 g/mol. The first kappa shape index (κ1) is 14.1. The molecule has 0 spiro atoms. The molecule has 2 rings (SSSR count). The van der Waals surface area contributed by atoms with Gasteiger partial charge in [-0.2, -0.15) is 0 Å². The minimum Gasteiger partial charge on any atom is -0.481 e. The van der Waals surface area contributed by atoms with E-state index in [1.165, 1.54) is 5.56 Å². The van der Waals surface area contributed by atoms with Gasteiger partial charge in [-0.05, 0) is 30.7 Å². The third kappa shape index (κ3) is 3.35. The zero-order chi connectivity index (χ0) is 13.1. The highest BCUT2D eigenvalue weighted by molar-refractivity contribution is 9.10. The van der Waals surface area contributed by atoms with Gasteiger partial charge in [0.05, 0.1) is 5.92 Å². The lowest BCUT2D eigenvalue weighted by Gasteiger charge is -2.34. The van der Waals surface area contributed by atoms with E-state index in [4.69, 9.17) is 5.11 Å². The Bertz CT molecular complexity index is 408. The highest BCUT2D eigenvalue weighted by atomic mass is 79.9. The van der Waals surface area contributed by atoms with Crippen molar-refractivity contribution in [3.63, 3.8) is 0 Å². The van der Waals surface area contributed by atoms with Crippen molar-refractivity contribution >= 4 is 37.8 Å². The van der Waals surface area contributed by atoms with Crippen LogP contribution in [-0.2, 0) is 11.2 Å². The van der Waals surface area contributed by atoms with Crippen molar-refractivity contribution in [3.05, 3.63) is 35.9 Å². The monoisotopic (exact) mass is 374 g/mol. The Morgan fingerprint density at radius 1 is 1.17 bits per heavy atom. The van der Waals surface area contributed by atoms with Gasteiger partial charge in [0.15, 0.2) is 0 Å². The van der Waals surface area contributed by atoms with E-state index in [0.29, 0.717) is 12.3 Å². The topological polar surface area (TPSA) is 37.3 Å². The van der Waals surface area contributed by atoms with Gasteiger partial charge in [-0.25, -0.2) is 0 Å². The predicted octanol–water partition coefficient (Wildman–Crippen LogP) is 3.87. The SMILES string of the molecule is O=C(O)[C@H]1C[C@@H](Br)[C@@H](Cc2ccccc2)C[C@@H]1Br. The maximum atomic E-state index is 11.1. The molecule has 1 saturated carbocycles. The number of aliphatic carboxylic acids is 1. The molecule has 0 aromatic heterocycles. The van der Waals surface area contributed by atoms with Crippen molar-refractivity contribution in [2.45, 2.75) is 28.9 Å². The maximum absolute atomic E-state index is 11.1. The second-order valence-corrected chi connectivity index (χ2v) is 7.25. The summed E-state index contributed by atoms with van der Waals surface area (Å²) in [5.41, 5.74) is 1.32. The summed E-state index contributed by atoms with van der Waals surface area (Å²) < 4.78 is 0. The van der Waals surface area contributed by atoms with Crippen molar-refractivity contribution in [3.8, 4) is 0 Å². The lowest BCUT2D eigenvalue weighted by molar-refractivity contribution is -0.142. The van der Waals surface area contributed by atoms with Gasteiger partial charge in [0, 0.05) is 9.65 Å². The minimum atomic E-state index is -0.695. The Morgan fingerprint density at radius 3 is 2.44 bits per heavy atom. The largest absolute Gasteiger partial charge is 0.481 e. The van der Waals surface area contributed by atoms with Crippen molar-refractivity contribution < 1.29 is 9.90 Å². The standard InChI is InChI=1S/C14H16Br2O2/c15-12-8-11(14(17)18)13(16)7-10(12)6-9-4-2-1-3-5-9/h1-5,10-13H,6-8H2,(H,17,18)/t10-,11-,12+,13-/m0/s1. The summed E-state index contributed by atoms with van der Waals surface area (Å²) in [5.74, 6) is -0.478. The molecule has 98 valence electrons. The van der Waals surface area contributed by atoms with E-state index in [9.17, 15) is 4.79 Å². The van der Waals surface area contributed by atoms with Gasteiger partial charge < -0.3 is 5.11 Å².